The van der Waals surface area contributed by atoms with Crippen molar-refractivity contribution in [2.75, 3.05) is 11.9 Å². The molecular formula is C15H19N3O2. The number of nitrogens with zero attached hydrogens (tertiary/aromatic N) is 1. The van der Waals surface area contributed by atoms with Crippen LogP contribution in [0.15, 0.2) is 34.9 Å². The quantitative estimate of drug-likeness (QED) is 0.877. The van der Waals surface area contributed by atoms with Gasteiger partial charge >= 0.3 is 0 Å². The lowest BCUT2D eigenvalue weighted by atomic mass is 10.1. The number of anilines is 1. The normalized spacial score (nSPS) is 12.2. The number of aryl methyl sites for hydroxylation is 1. The zero-order chi connectivity index (χ0) is 14.5. The Morgan fingerprint density at radius 2 is 2.10 bits per heavy atom. The lowest BCUT2D eigenvalue weighted by molar-refractivity contribution is -0.116. The number of benzene rings is 1. The molecular weight excluding hydrogens is 254 g/mol. The molecule has 1 atom stereocenters. The van der Waals surface area contributed by atoms with Crippen LogP contribution in [-0.2, 0) is 4.79 Å². The van der Waals surface area contributed by atoms with Gasteiger partial charge in [0.25, 0.3) is 0 Å². The van der Waals surface area contributed by atoms with Crippen molar-refractivity contribution in [3.63, 3.8) is 0 Å². The SMILES string of the molecule is Cc1nc(-c2ccc(NC(=O)CC(C)CN)cc2)co1. The molecule has 5 heteroatoms. The van der Waals surface area contributed by atoms with Crippen molar-refractivity contribution in [2.45, 2.75) is 20.3 Å². The first-order valence-corrected chi connectivity index (χ1v) is 6.61. The predicted octanol–water partition coefficient (Wildman–Crippen LogP) is 2.57. The maximum Gasteiger partial charge on any atom is 0.224 e. The summed E-state index contributed by atoms with van der Waals surface area (Å²) >= 11 is 0. The molecule has 2 aromatic rings. The Morgan fingerprint density at radius 3 is 2.65 bits per heavy atom. The molecule has 1 unspecified atom stereocenters. The maximum absolute atomic E-state index is 11.7. The lowest BCUT2D eigenvalue weighted by Gasteiger charge is -2.09. The number of hydrogen-bond donors (Lipinski definition) is 2. The molecule has 0 aliphatic heterocycles. The average Bonchev–Trinajstić information content (AvgIpc) is 2.86. The average molecular weight is 273 g/mol. The summed E-state index contributed by atoms with van der Waals surface area (Å²) in [7, 11) is 0. The van der Waals surface area contributed by atoms with Gasteiger partial charge in [-0.25, -0.2) is 4.98 Å². The topological polar surface area (TPSA) is 81.2 Å². The van der Waals surface area contributed by atoms with Crippen molar-refractivity contribution >= 4 is 11.6 Å². The Hall–Kier alpha value is -2.14. The fraction of sp³-hybridized carbons (Fsp3) is 0.333. The molecule has 0 bridgehead atoms. The van der Waals surface area contributed by atoms with Gasteiger partial charge in [0.1, 0.15) is 12.0 Å². The van der Waals surface area contributed by atoms with Crippen LogP contribution in [0.4, 0.5) is 5.69 Å². The fourth-order valence-corrected chi connectivity index (χ4v) is 1.83. The molecule has 3 N–H and O–H groups in total. The highest BCUT2D eigenvalue weighted by Crippen LogP contribution is 2.20. The molecule has 1 heterocycles. The number of oxazole rings is 1. The van der Waals surface area contributed by atoms with Crippen molar-refractivity contribution in [1.29, 1.82) is 0 Å². The van der Waals surface area contributed by atoms with Crippen LogP contribution in [0.5, 0.6) is 0 Å². The summed E-state index contributed by atoms with van der Waals surface area (Å²) in [5.41, 5.74) is 8.01. The molecule has 0 aliphatic rings. The summed E-state index contributed by atoms with van der Waals surface area (Å²) in [6.45, 7) is 4.27. The van der Waals surface area contributed by atoms with E-state index in [1.54, 1.807) is 13.2 Å². The zero-order valence-corrected chi connectivity index (χ0v) is 11.7. The van der Waals surface area contributed by atoms with Crippen molar-refractivity contribution in [3.05, 3.63) is 36.4 Å². The summed E-state index contributed by atoms with van der Waals surface area (Å²) in [6.07, 6.45) is 2.05. The van der Waals surface area contributed by atoms with Crippen molar-refractivity contribution < 1.29 is 9.21 Å². The molecule has 0 radical (unpaired) electrons. The molecule has 0 spiro atoms. The molecule has 0 aliphatic carbocycles. The highest BCUT2D eigenvalue weighted by molar-refractivity contribution is 5.91. The van der Waals surface area contributed by atoms with Crippen molar-refractivity contribution in [2.24, 2.45) is 11.7 Å². The van der Waals surface area contributed by atoms with Crippen LogP contribution in [-0.4, -0.2) is 17.4 Å². The minimum Gasteiger partial charge on any atom is -0.449 e. The summed E-state index contributed by atoms with van der Waals surface area (Å²) in [6, 6.07) is 7.51. The first-order chi connectivity index (χ1) is 9.58. The van der Waals surface area contributed by atoms with Gasteiger partial charge in [-0.1, -0.05) is 19.1 Å². The Balaban J connectivity index is 2.00. The van der Waals surface area contributed by atoms with Crippen LogP contribution in [0.3, 0.4) is 0 Å². The van der Waals surface area contributed by atoms with E-state index in [0.29, 0.717) is 18.9 Å². The number of aromatic nitrogens is 1. The van der Waals surface area contributed by atoms with Gasteiger partial charge in [0.05, 0.1) is 0 Å². The van der Waals surface area contributed by atoms with Crippen molar-refractivity contribution in [1.82, 2.24) is 4.98 Å². The smallest absolute Gasteiger partial charge is 0.224 e. The Kier molecular flexibility index (Phi) is 4.53. The van der Waals surface area contributed by atoms with Gasteiger partial charge in [-0.3, -0.25) is 4.79 Å². The summed E-state index contributed by atoms with van der Waals surface area (Å²) < 4.78 is 5.18. The highest BCUT2D eigenvalue weighted by Gasteiger charge is 2.08. The summed E-state index contributed by atoms with van der Waals surface area (Å²) in [4.78, 5) is 16.0. The van der Waals surface area contributed by atoms with E-state index in [9.17, 15) is 4.79 Å². The maximum atomic E-state index is 11.7. The largest absolute Gasteiger partial charge is 0.449 e. The molecule has 106 valence electrons. The van der Waals surface area contributed by atoms with Crippen LogP contribution in [0, 0.1) is 12.8 Å². The van der Waals surface area contributed by atoms with Gasteiger partial charge in [0, 0.05) is 24.6 Å². The third-order valence-corrected chi connectivity index (χ3v) is 3.02. The monoisotopic (exact) mass is 273 g/mol. The third-order valence-electron chi connectivity index (χ3n) is 3.02. The van der Waals surface area contributed by atoms with Gasteiger partial charge in [-0.2, -0.15) is 0 Å². The van der Waals surface area contributed by atoms with E-state index in [1.807, 2.05) is 31.2 Å². The zero-order valence-electron chi connectivity index (χ0n) is 11.7. The number of nitrogens with two attached hydrogens (primary N) is 1. The Morgan fingerprint density at radius 1 is 1.40 bits per heavy atom. The second-order valence-electron chi connectivity index (χ2n) is 4.92. The van der Waals surface area contributed by atoms with E-state index in [0.717, 1.165) is 16.9 Å². The molecule has 0 fully saturated rings. The van der Waals surface area contributed by atoms with Crippen LogP contribution >= 0.6 is 0 Å². The van der Waals surface area contributed by atoms with E-state index < -0.39 is 0 Å². The van der Waals surface area contributed by atoms with Gasteiger partial charge < -0.3 is 15.5 Å². The molecule has 5 nitrogen and oxygen atoms in total. The van der Waals surface area contributed by atoms with Gasteiger partial charge in [-0.15, -0.1) is 0 Å². The first-order valence-electron chi connectivity index (χ1n) is 6.61. The van der Waals surface area contributed by atoms with Crippen LogP contribution < -0.4 is 11.1 Å². The van der Waals surface area contributed by atoms with E-state index in [-0.39, 0.29) is 11.8 Å². The van der Waals surface area contributed by atoms with E-state index in [2.05, 4.69) is 10.3 Å². The number of hydrogen-bond acceptors (Lipinski definition) is 4. The van der Waals surface area contributed by atoms with E-state index in [4.69, 9.17) is 10.2 Å². The molecule has 0 saturated heterocycles. The van der Waals surface area contributed by atoms with Gasteiger partial charge in [0.2, 0.25) is 5.91 Å². The van der Waals surface area contributed by atoms with Gasteiger partial charge in [0.15, 0.2) is 5.89 Å². The number of rotatable bonds is 5. The number of amides is 1. The number of carbonyl (C=O) groups is 1. The van der Waals surface area contributed by atoms with Gasteiger partial charge in [-0.05, 0) is 24.6 Å². The number of nitrogens with one attached hydrogen (secondary N) is 1. The lowest BCUT2D eigenvalue weighted by Crippen LogP contribution is -2.19. The second-order valence-corrected chi connectivity index (χ2v) is 4.92. The minimum absolute atomic E-state index is 0.0204. The predicted molar refractivity (Wildman–Crippen MR) is 78.1 cm³/mol. The van der Waals surface area contributed by atoms with E-state index in [1.165, 1.54) is 0 Å². The van der Waals surface area contributed by atoms with Crippen LogP contribution in [0.2, 0.25) is 0 Å². The van der Waals surface area contributed by atoms with Crippen LogP contribution in [0.1, 0.15) is 19.2 Å². The fourth-order valence-electron chi connectivity index (χ4n) is 1.83. The molecule has 1 aromatic heterocycles. The van der Waals surface area contributed by atoms with Crippen LogP contribution in [0.25, 0.3) is 11.3 Å². The Bertz CT molecular complexity index is 575. The Labute approximate surface area is 118 Å². The molecule has 1 amide bonds. The molecule has 2 rings (SSSR count). The highest BCUT2D eigenvalue weighted by atomic mass is 16.3. The molecule has 0 saturated carbocycles. The number of carbonyl (C=O) groups excluding carboxylic acids is 1. The second kappa shape index (κ2) is 6.34. The third kappa shape index (κ3) is 3.68. The standard InChI is InChI=1S/C15H19N3O2/c1-10(8-16)7-15(19)18-13-5-3-12(4-6-13)14-9-20-11(2)17-14/h3-6,9-10H,7-8,16H2,1-2H3,(H,18,19). The van der Waals surface area contributed by atoms with Crippen molar-refractivity contribution in [3.8, 4) is 11.3 Å². The molecule has 1 aromatic carbocycles. The molecule has 20 heavy (non-hydrogen) atoms. The summed E-state index contributed by atoms with van der Waals surface area (Å²) in [5.74, 6) is 0.800. The van der Waals surface area contributed by atoms with E-state index >= 15 is 0 Å². The summed E-state index contributed by atoms with van der Waals surface area (Å²) in [5, 5.41) is 2.85. The first kappa shape index (κ1) is 14.3. The minimum atomic E-state index is -0.0204.